The van der Waals surface area contributed by atoms with E-state index in [1.165, 1.54) is 6.92 Å². The van der Waals surface area contributed by atoms with Gasteiger partial charge < -0.3 is 21.3 Å². The molecule has 0 aliphatic rings. The Morgan fingerprint density at radius 3 is 2.40 bits per heavy atom. The van der Waals surface area contributed by atoms with Gasteiger partial charge >= 0.3 is 5.97 Å². The van der Waals surface area contributed by atoms with Crippen LogP contribution in [-0.4, -0.2) is 34.2 Å². The Balaban J connectivity index is 2.88. The number of rotatable bonds is 6. The first-order valence-corrected chi connectivity index (χ1v) is 6.25. The standard InChI is InChI=1S/C14H20N2O4/c1-7-4-10(17)5-8(2)11(7)6-12(15)13(18)16-9(3)14(19)20/h4-5,9,12,17H,6,15H2,1-3H3,(H,16,18)(H,19,20)/t9-,12-/m0/s1/i/hD. The topological polar surface area (TPSA) is 113 Å². The summed E-state index contributed by atoms with van der Waals surface area (Å²) < 4.78 is 7.27. The number of nitrogens with one attached hydrogen (secondary N) is 1. The molecule has 20 heavy (non-hydrogen) atoms. The number of phenols is 1. The Labute approximate surface area is 119 Å². The first-order chi connectivity index (χ1) is 9.76. The third kappa shape index (κ3) is 3.96. The number of carboxylic acid groups (broad SMARTS) is 1. The molecule has 0 radical (unpaired) electrons. The molecule has 1 amide bonds. The fraction of sp³-hybridized carbons (Fsp3) is 0.429. The molecule has 1 aromatic rings. The van der Waals surface area contributed by atoms with Gasteiger partial charge in [0.15, 0.2) is 0 Å². The summed E-state index contributed by atoms with van der Waals surface area (Å²) in [7, 11) is 0. The second-order valence-electron chi connectivity index (χ2n) is 4.88. The molecule has 0 saturated carbocycles. The quantitative estimate of drug-likeness (QED) is 0.605. The molecule has 0 heterocycles. The summed E-state index contributed by atoms with van der Waals surface area (Å²) in [5, 5.41) is 20.6. The second kappa shape index (κ2) is 6.38. The summed E-state index contributed by atoms with van der Waals surface area (Å²) in [6.45, 7) is 4.97. The molecule has 110 valence electrons. The lowest BCUT2D eigenvalue weighted by molar-refractivity contribution is -0.141. The predicted molar refractivity (Wildman–Crippen MR) is 74.5 cm³/mol. The molecule has 2 atom stereocenters. The lowest BCUT2D eigenvalue weighted by atomic mass is 9.96. The number of carbonyl (C=O) groups is 2. The van der Waals surface area contributed by atoms with E-state index in [4.69, 9.17) is 6.52 Å². The normalized spacial score (nSPS) is 14.2. The number of aryl methyl sites for hydroxylation is 2. The van der Waals surface area contributed by atoms with Crippen molar-refractivity contribution in [1.29, 1.82) is 0 Å². The van der Waals surface area contributed by atoms with Crippen LogP contribution in [0.4, 0.5) is 0 Å². The molecule has 6 heteroatoms. The number of aromatic hydroxyl groups is 1. The highest BCUT2D eigenvalue weighted by Gasteiger charge is 2.21. The zero-order valence-corrected chi connectivity index (χ0v) is 11.7. The van der Waals surface area contributed by atoms with Crippen LogP contribution in [0.15, 0.2) is 12.1 Å². The average Bonchev–Trinajstić information content (AvgIpc) is 2.37. The summed E-state index contributed by atoms with van der Waals surface area (Å²) in [5.41, 5.74) is 4.61. The molecule has 0 aromatic heterocycles. The first-order valence-electron chi connectivity index (χ1n) is 6.75. The highest BCUT2D eigenvalue weighted by molar-refractivity contribution is 5.86. The van der Waals surface area contributed by atoms with Gasteiger partial charge in [-0.05, 0) is 56.0 Å². The van der Waals surface area contributed by atoms with E-state index in [9.17, 15) is 14.7 Å². The molecule has 1 rings (SSSR count). The van der Waals surface area contributed by atoms with Crippen molar-refractivity contribution >= 4 is 11.9 Å². The van der Waals surface area contributed by atoms with Gasteiger partial charge in [-0.25, -0.2) is 0 Å². The van der Waals surface area contributed by atoms with Gasteiger partial charge in [-0.1, -0.05) is 0 Å². The Bertz CT molecular complexity index is 525. The van der Waals surface area contributed by atoms with Crippen LogP contribution in [0.2, 0.25) is 1.41 Å². The second-order valence-corrected chi connectivity index (χ2v) is 4.88. The number of benzene rings is 1. The summed E-state index contributed by atoms with van der Waals surface area (Å²) in [4.78, 5) is 22.7. The third-order valence-electron chi connectivity index (χ3n) is 3.13. The third-order valence-corrected chi connectivity index (χ3v) is 3.13. The van der Waals surface area contributed by atoms with E-state index >= 15 is 0 Å². The van der Waals surface area contributed by atoms with Crippen molar-refractivity contribution in [3.8, 4) is 5.75 Å². The number of hydrogen-bond donors (Lipinski definition) is 4. The number of nitrogens with two attached hydrogens (primary N) is 1. The maximum absolute atomic E-state index is 12.0. The van der Waals surface area contributed by atoms with Gasteiger partial charge in [0.05, 0.1) is 6.04 Å². The maximum Gasteiger partial charge on any atom is 0.325 e. The fourth-order valence-electron chi connectivity index (χ4n) is 1.97. The molecule has 0 saturated heterocycles. The van der Waals surface area contributed by atoms with Crippen LogP contribution in [0.1, 0.15) is 23.6 Å². The van der Waals surface area contributed by atoms with Crippen LogP contribution in [0.5, 0.6) is 5.75 Å². The molecule has 0 aliphatic carbocycles. The average molecular weight is 281 g/mol. The van der Waals surface area contributed by atoms with Crippen molar-refractivity contribution in [2.75, 3.05) is 0 Å². The van der Waals surface area contributed by atoms with Crippen LogP contribution in [0, 0.1) is 13.8 Å². The number of carbonyl (C=O) groups excluding carboxylic acids is 1. The van der Waals surface area contributed by atoms with E-state index in [1.807, 2.05) is 0 Å². The van der Waals surface area contributed by atoms with Crippen molar-refractivity contribution in [3.05, 3.63) is 28.8 Å². The van der Waals surface area contributed by atoms with Gasteiger partial charge in [0.1, 0.15) is 13.2 Å². The molecular formula is C14H20N2O4. The van der Waals surface area contributed by atoms with E-state index in [0.29, 0.717) is 0 Å². The van der Waals surface area contributed by atoms with Crippen LogP contribution >= 0.6 is 0 Å². The minimum Gasteiger partial charge on any atom is -0.508 e. The Hall–Kier alpha value is -2.08. The van der Waals surface area contributed by atoms with Gasteiger partial charge in [-0.3, -0.25) is 9.59 Å². The van der Waals surface area contributed by atoms with Crippen LogP contribution in [0.25, 0.3) is 0 Å². The number of phenolic OH excluding ortho intramolecular Hbond substituents is 1. The minimum atomic E-state index is -1.14. The Morgan fingerprint density at radius 2 is 1.95 bits per heavy atom. The molecule has 0 aliphatic heterocycles. The Kier molecular flexibility index (Phi) is 4.57. The monoisotopic (exact) mass is 281 g/mol. The van der Waals surface area contributed by atoms with Crippen LogP contribution < -0.4 is 11.0 Å². The van der Waals surface area contributed by atoms with Gasteiger partial charge in [0.2, 0.25) is 5.91 Å². The van der Waals surface area contributed by atoms with E-state index in [0.717, 1.165) is 16.7 Å². The zero-order chi connectivity index (χ0) is 16.2. The highest BCUT2D eigenvalue weighted by Crippen LogP contribution is 2.21. The lowest BCUT2D eigenvalue weighted by Gasteiger charge is -2.17. The molecule has 0 bridgehead atoms. The largest absolute Gasteiger partial charge is 0.508 e. The summed E-state index contributed by atoms with van der Waals surface area (Å²) in [6, 6.07) is 1.28. The smallest absolute Gasteiger partial charge is 0.325 e. The SMILES string of the molecule is [2H]N[C@@H](Cc1c(C)cc(O)cc1C)C(=O)N[C@@H](C)C(=O)O. The van der Waals surface area contributed by atoms with Gasteiger partial charge in [0, 0.05) is 0 Å². The predicted octanol–water partition coefficient (Wildman–Crippen LogP) is 0.468. The molecule has 0 fully saturated rings. The minimum absolute atomic E-state index is 0.146. The summed E-state index contributed by atoms with van der Waals surface area (Å²) >= 11 is 0. The number of carboxylic acids is 1. The van der Waals surface area contributed by atoms with Crippen molar-refractivity contribution in [3.63, 3.8) is 0 Å². The van der Waals surface area contributed by atoms with Crippen molar-refractivity contribution in [1.82, 2.24) is 5.32 Å². The summed E-state index contributed by atoms with van der Waals surface area (Å²) in [5.74, 6) is -1.54. The highest BCUT2D eigenvalue weighted by atomic mass is 16.4. The molecule has 5 N–H and O–H groups in total. The van der Waals surface area contributed by atoms with E-state index in [-0.39, 0.29) is 12.2 Å². The Morgan fingerprint density at radius 1 is 1.40 bits per heavy atom. The fourth-order valence-corrected chi connectivity index (χ4v) is 1.97. The van der Waals surface area contributed by atoms with Gasteiger partial charge in [0.25, 0.3) is 0 Å². The molecular weight excluding hydrogens is 260 g/mol. The maximum atomic E-state index is 12.0. The van der Waals surface area contributed by atoms with Crippen molar-refractivity contribution in [2.45, 2.75) is 39.3 Å². The van der Waals surface area contributed by atoms with Crippen LogP contribution in [-0.2, 0) is 16.0 Å². The first kappa shape index (κ1) is 14.3. The lowest BCUT2D eigenvalue weighted by Crippen LogP contribution is -2.48. The molecule has 6 nitrogen and oxygen atoms in total. The number of amides is 1. The molecule has 1 aromatic carbocycles. The van der Waals surface area contributed by atoms with E-state index in [2.05, 4.69) is 11.0 Å². The van der Waals surface area contributed by atoms with Crippen LogP contribution in [0.3, 0.4) is 0 Å². The van der Waals surface area contributed by atoms with Crippen molar-refractivity contribution in [2.24, 2.45) is 5.73 Å². The van der Waals surface area contributed by atoms with Crippen molar-refractivity contribution < 1.29 is 21.2 Å². The zero-order valence-electron chi connectivity index (χ0n) is 12.7. The molecule has 0 unspecified atom stereocenters. The van der Waals surface area contributed by atoms with E-state index < -0.39 is 24.0 Å². The van der Waals surface area contributed by atoms with E-state index in [1.54, 1.807) is 26.0 Å². The summed E-state index contributed by atoms with van der Waals surface area (Å²) in [6.07, 6.45) is 0.236. The molecule has 0 spiro atoms. The number of aliphatic carboxylic acids is 1. The van der Waals surface area contributed by atoms with Gasteiger partial charge in [-0.2, -0.15) is 0 Å². The van der Waals surface area contributed by atoms with Gasteiger partial charge in [-0.15, -0.1) is 0 Å². The number of hydrogen-bond acceptors (Lipinski definition) is 4.